The highest BCUT2D eigenvalue weighted by Crippen LogP contribution is 2.33. The molecule has 1 amide bonds. The van der Waals surface area contributed by atoms with E-state index in [1.807, 2.05) is 41.6 Å². The predicted octanol–water partition coefficient (Wildman–Crippen LogP) is 2.80. The highest BCUT2D eigenvalue weighted by atomic mass is 16.3. The number of aliphatic hydroxyl groups excluding tert-OH is 1. The molecule has 152 valence electrons. The maximum atomic E-state index is 12.8. The third-order valence-electron chi connectivity index (χ3n) is 5.90. The molecule has 2 N–H and O–H groups in total. The first-order chi connectivity index (χ1) is 14.1. The van der Waals surface area contributed by atoms with Crippen molar-refractivity contribution < 1.29 is 15.0 Å². The zero-order chi connectivity index (χ0) is 20.3. The summed E-state index contributed by atoms with van der Waals surface area (Å²) in [5, 5.41) is 27.0. The largest absolute Gasteiger partial charge is 0.392 e. The summed E-state index contributed by atoms with van der Waals surface area (Å²) in [5.41, 5.74) is 1.55. The molecule has 6 heteroatoms. The number of hydrogen-bond acceptors (Lipinski definition) is 5. The number of anilines is 1. The maximum Gasteiger partial charge on any atom is 0.253 e. The third-order valence-corrected chi connectivity index (χ3v) is 5.90. The van der Waals surface area contributed by atoms with E-state index in [1.165, 1.54) is 0 Å². The van der Waals surface area contributed by atoms with Crippen LogP contribution in [0.2, 0.25) is 0 Å². The third kappa shape index (κ3) is 4.33. The summed E-state index contributed by atoms with van der Waals surface area (Å²) in [5.74, 6) is -0.0440. The molecule has 0 aromatic heterocycles. The fourth-order valence-electron chi connectivity index (χ4n) is 4.23. The Morgan fingerprint density at radius 2 is 1.86 bits per heavy atom. The number of carbonyl (C=O) groups is 1. The van der Waals surface area contributed by atoms with Crippen LogP contribution in [0.5, 0.6) is 0 Å². The van der Waals surface area contributed by atoms with Crippen molar-refractivity contribution >= 4 is 17.8 Å². The first kappa shape index (κ1) is 19.6. The molecule has 2 aliphatic rings. The molecule has 1 fully saturated rings. The van der Waals surface area contributed by atoms with E-state index in [0.29, 0.717) is 37.9 Å². The van der Waals surface area contributed by atoms with Crippen molar-refractivity contribution in [1.82, 2.24) is 4.90 Å². The van der Waals surface area contributed by atoms with Crippen molar-refractivity contribution in [2.75, 3.05) is 18.1 Å². The Kier molecular flexibility index (Phi) is 5.65. The minimum atomic E-state index is -0.797. The van der Waals surface area contributed by atoms with Crippen LogP contribution in [0.25, 0.3) is 0 Å². The summed E-state index contributed by atoms with van der Waals surface area (Å²) in [6.45, 7) is 0.970. The molecule has 29 heavy (non-hydrogen) atoms. The highest BCUT2D eigenvalue weighted by molar-refractivity contribution is 5.94. The lowest BCUT2D eigenvalue weighted by molar-refractivity contribution is -0.0268. The van der Waals surface area contributed by atoms with E-state index in [4.69, 9.17) is 0 Å². The molecular weight excluding hydrogens is 366 g/mol. The molecule has 1 atom stereocenters. The van der Waals surface area contributed by atoms with Crippen molar-refractivity contribution in [3.63, 3.8) is 0 Å². The summed E-state index contributed by atoms with van der Waals surface area (Å²) in [7, 11) is 0. The Morgan fingerprint density at radius 1 is 1.10 bits per heavy atom. The van der Waals surface area contributed by atoms with Gasteiger partial charge in [-0.15, -0.1) is 0 Å². The van der Waals surface area contributed by atoms with Crippen molar-refractivity contribution in [1.29, 1.82) is 0 Å². The average Bonchev–Trinajstić information content (AvgIpc) is 3.22. The van der Waals surface area contributed by atoms with Crippen LogP contribution in [0.4, 0.5) is 5.69 Å². The first-order valence-electron chi connectivity index (χ1n) is 10.2. The number of nitrogens with zero attached hydrogens (tertiary/aromatic N) is 3. The molecule has 0 radical (unpaired) electrons. The van der Waals surface area contributed by atoms with E-state index in [2.05, 4.69) is 5.10 Å². The fourth-order valence-corrected chi connectivity index (χ4v) is 4.23. The van der Waals surface area contributed by atoms with Gasteiger partial charge in [0, 0.05) is 31.3 Å². The van der Waals surface area contributed by atoms with E-state index in [0.717, 1.165) is 17.7 Å². The van der Waals surface area contributed by atoms with E-state index in [-0.39, 0.29) is 18.6 Å². The van der Waals surface area contributed by atoms with Gasteiger partial charge in [-0.2, -0.15) is 5.10 Å². The standard InChI is InChI=1S/C23H27N3O3/c27-17-18-5-4-6-19(15-18)22(28)25-13-10-23(29,11-14-25)16-21-9-12-24-26(21)20-7-2-1-3-8-20/h1-8,12,15,21,27,29H,9-11,13-14,16-17H2. The number of benzene rings is 2. The monoisotopic (exact) mass is 393 g/mol. The molecule has 4 rings (SSSR count). The lowest BCUT2D eigenvalue weighted by Gasteiger charge is -2.40. The summed E-state index contributed by atoms with van der Waals surface area (Å²) in [6, 6.07) is 17.2. The van der Waals surface area contributed by atoms with Crippen LogP contribution >= 0.6 is 0 Å². The number of amides is 1. The topological polar surface area (TPSA) is 76.4 Å². The summed E-state index contributed by atoms with van der Waals surface area (Å²) < 4.78 is 0. The lowest BCUT2D eigenvalue weighted by atomic mass is 9.84. The van der Waals surface area contributed by atoms with Gasteiger partial charge in [-0.1, -0.05) is 30.3 Å². The molecule has 6 nitrogen and oxygen atoms in total. The normalized spacial score (nSPS) is 20.8. The fraction of sp³-hybridized carbons (Fsp3) is 0.391. The van der Waals surface area contributed by atoms with Gasteiger partial charge in [0.25, 0.3) is 5.91 Å². The Bertz CT molecular complexity index is 876. The number of carbonyl (C=O) groups excluding carboxylic acids is 1. The number of aliphatic hydroxyl groups is 2. The smallest absolute Gasteiger partial charge is 0.253 e. The van der Waals surface area contributed by atoms with Gasteiger partial charge in [-0.05, 0) is 49.1 Å². The number of rotatable bonds is 5. The van der Waals surface area contributed by atoms with Gasteiger partial charge in [-0.3, -0.25) is 9.80 Å². The minimum absolute atomic E-state index is 0.0440. The van der Waals surface area contributed by atoms with Crippen LogP contribution in [0.15, 0.2) is 59.7 Å². The van der Waals surface area contributed by atoms with Crippen LogP contribution in [0.3, 0.4) is 0 Å². The Balaban J connectivity index is 1.37. The zero-order valence-corrected chi connectivity index (χ0v) is 16.4. The summed E-state index contributed by atoms with van der Waals surface area (Å²) in [6.07, 6.45) is 4.46. The SMILES string of the molecule is O=C(c1cccc(CO)c1)N1CCC(O)(CC2CC=NN2c2ccccc2)CC1. The minimum Gasteiger partial charge on any atom is -0.392 e. The number of likely N-dealkylation sites (tertiary alicyclic amines) is 1. The van der Waals surface area contributed by atoms with Crippen LogP contribution < -0.4 is 5.01 Å². The molecule has 2 aliphatic heterocycles. The molecule has 2 aromatic carbocycles. The Labute approximate surface area is 171 Å². The van der Waals surface area contributed by atoms with Gasteiger partial charge in [0.2, 0.25) is 0 Å². The van der Waals surface area contributed by atoms with E-state index >= 15 is 0 Å². The molecule has 2 heterocycles. The Morgan fingerprint density at radius 3 is 2.59 bits per heavy atom. The molecule has 1 unspecified atom stereocenters. The van der Waals surface area contributed by atoms with Crippen LogP contribution in [-0.4, -0.2) is 52.0 Å². The number of piperidine rings is 1. The quantitative estimate of drug-likeness (QED) is 0.819. The van der Waals surface area contributed by atoms with Crippen molar-refractivity contribution in [3.05, 3.63) is 65.7 Å². The second-order valence-electron chi connectivity index (χ2n) is 7.95. The van der Waals surface area contributed by atoms with E-state index < -0.39 is 5.60 Å². The number of hydrogen-bond donors (Lipinski definition) is 2. The maximum absolute atomic E-state index is 12.8. The van der Waals surface area contributed by atoms with Gasteiger partial charge in [-0.25, -0.2) is 0 Å². The van der Waals surface area contributed by atoms with Crippen LogP contribution in [0.1, 0.15) is 41.6 Å². The van der Waals surface area contributed by atoms with Crippen LogP contribution in [0, 0.1) is 0 Å². The highest BCUT2D eigenvalue weighted by Gasteiger charge is 2.38. The summed E-state index contributed by atoms with van der Waals surface area (Å²) in [4.78, 5) is 14.6. The van der Waals surface area contributed by atoms with Gasteiger partial charge < -0.3 is 15.1 Å². The molecule has 1 saturated heterocycles. The van der Waals surface area contributed by atoms with Gasteiger partial charge in [0.1, 0.15) is 0 Å². The molecule has 0 spiro atoms. The molecule has 0 bridgehead atoms. The van der Waals surface area contributed by atoms with E-state index in [1.54, 1.807) is 29.2 Å². The van der Waals surface area contributed by atoms with Crippen LogP contribution in [-0.2, 0) is 6.61 Å². The van der Waals surface area contributed by atoms with E-state index in [9.17, 15) is 15.0 Å². The average molecular weight is 393 g/mol. The molecule has 0 saturated carbocycles. The zero-order valence-electron chi connectivity index (χ0n) is 16.4. The predicted molar refractivity (Wildman–Crippen MR) is 113 cm³/mol. The number of para-hydroxylation sites is 1. The molecular formula is C23H27N3O3. The summed E-state index contributed by atoms with van der Waals surface area (Å²) >= 11 is 0. The molecule has 0 aliphatic carbocycles. The second-order valence-corrected chi connectivity index (χ2v) is 7.95. The van der Waals surface area contributed by atoms with Crippen molar-refractivity contribution in [2.24, 2.45) is 5.10 Å². The van der Waals surface area contributed by atoms with Gasteiger partial charge in [0.15, 0.2) is 0 Å². The lowest BCUT2D eigenvalue weighted by Crippen LogP contribution is -2.49. The van der Waals surface area contributed by atoms with Crippen molar-refractivity contribution in [3.8, 4) is 0 Å². The Hall–Kier alpha value is -2.70. The van der Waals surface area contributed by atoms with Gasteiger partial charge in [0.05, 0.1) is 23.9 Å². The first-order valence-corrected chi connectivity index (χ1v) is 10.2. The molecule has 2 aromatic rings. The number of hydrazone groups is 1. The van der Waals surface area contributed by atoms with Crippen molar-refractivity contribution in [2.45, 2.75) is 43.9 Å². The van der Waals surface area contributed by atoms with Gasteiger partial charge >= 0.3 is 0 Å². The second kappa shape index (κ2) is 8.35.